The summed E-state index contributed by atoms with van der Waals surface area (Å²) < 4.78 is 0. The number of ketones is 2. The summed E-state index contributed by atoms with van der Waals surface area (Å²) in [6.45, 7) is 0. The number of carboxylic acid groups (broad SMARTS) is 1. The number of carbonyl (C=O) groups is 4. The van der Waals surface area contributed by atoms with Crippen LogP contribution in [-0.2, 0) is 4.79 Å². The van der Waals surface area contributed by atoms with Gasteiger partial charge in [0.1, 0.15) is 0 Å². The minimum Gasteiger partial charge on any atom is -0.481 e. The predicted octanol–water partition coefficient (Wildman–Crippen LogP) is 1.74. The zero-order valence-electron chi connectivity index (χ0n) is 12.2. The van der Waals surface area contributed by atoms with Crippen LogP contribution in [0.4, 0.5) is 0 Å². The van der Waals surface area contributed by atoms with Crippen molar-refractivity contribution in [3.63, 3.8) is 0 Å². The van der Waals surface area contributed by atoms with Crippen LogP contribution < -0.4 is 5.73 Å². The number of carboxylic acids is 1. The molecule has 2 aromatic carbocycles. The third-order valence-electron chi connectivity index (χ3n) is 3.65. The fourth-order valence-corrected chi connectivity index (χ4v) is 3.46. The van der Waals surface area contributed by atoms with E-state index in [2.05, 4.69) is 0 Å². The van der Waals surface area contributed by atoms with Crippen LogP contribution >= 0.6 is 11.8 Å². The van der Waals surface area contributed by atoms with Crippen molar-refractivity contribution in [2.24, 2.45) is 5.73 Å². The molecule has 24 heavy (non-hydrogen) atoms. The number of benzene rings is 2. The predicted molar refractivity (Wildman–Crippen MR) is 86.6 cm³/mol. The average molecular weight is 341 g/mol. The second-order valence-corrected chi connectivity index (χ2v) is 6.13. The zero-order chi connectivity index (χ0) is 17.4. The van der Waals surface area contributed by atoms with Crippen LogP contribution in [0.15, 0.2) is 41.3 Å². The lowest BCUT2D eigenvalue weighted by atomic mass is 9.81. The van der Waals surface area contributed by atoms with E-state index < -0.39 is 17.7 Å². The van der Waals surface area contributed by atoms with Gasteiger partial charge < -0.3 is 10.8 Å². The SMILES string of the molecule is NC(=O)c1c(SCC(=O)O)ccc2c1C(=O)c1ccccc1C2=O. The van der Waals surface area contributed by atoms with Crippen molar-refractivity contribution < 1.29 is 24.3 Å². The molecule has 0 aromatic heterocycles. The van der Waals surface area contributed by atoms with Crippen molar-refractivity contribution >= 4 is 35.2 Å². The summed E-state index contributed by atoms with van der Waals surface area (Å²) in [5, 5.41) is 8.81. The summed E-state index contributed by atoms with van der Waals surface area (Å²) in [6.07, 6.45) is 0. The van der Waals surface area contributed by atoms with E-state index in [0.29, 0.717) is 0 Å². The molecule has 1 aliphatic rings. The van der Waals surface area contributed by atoms with Gasteiger partial charge in [-0.25, -0.2) is 0 Å². The van der Waals surface area contributed by atoms with E-state index in [4.69, 9.17) is 10.8 Å². The smallest absolute Gasteiger partial charge is 0.313 e. The van der Waals surface area contributed by atoms with E-state index in [1.807, 2.05) is 0 Å². The first-order valence-electron chi connectivity index (χ1n) is 6.91. The molecule has 0 heterocycles. The van der Waals surface area contributed by atoms with Gasteiger partial charge in [0.15, 0.2) is 11.6 Å². The number of thioether (sulfide) groups is 1. The van der Waals surface area contributed by atoms with Gasteiger partial charge in [-0.3, -0.25) is 19.2 Å². The van der Waals surface area contributed by atoms with Crippen molar-refractivity contribution in [2.75, 3.05) is 5.75 Å². The maximum atomic E-state index is 12.8. The topological polar surface area (TPSA) is 115 Å². The normalized spacial score (nSPS) is 12.5. The van der Waals surface area contributed by atoms with Gasteiger partial charge in [0, 0.05) is 27.1 Å². The molecule has 0 radical (unpaired) electrons. The summed E-state index contributed by atoms with van der Waals surface area (Å²) in [7, 11) is 0. The van der Waals surface area contributed by atoms with Gasteiger partial charge in [-0.05, 0) is 12.1 Å². The number of fused-ring (bicyclic) bond motifs is 2. The third-order valence-corrected chi connectivity index (χ3v) is 4.70. The first-order chi connectivity index (χ1) is 11.4. The Morgan fingerprint density at radius 2 is 1.58 bits per heavy atom. The molecule has 0 fully saturated rings. The van der Waals surface area contributed by atoms with Crippen molar-refractivity contribution in [1.29, 1.82) is 0 Å². The molecule has 3 rings (SSSR count). The molecule has 120 valence electrons. The molecule has 0 saturated carbocycles. The van der Waals surface area contributed by atoms with Gasteiger partial charge >= 0.3 is 5.97 Å². The molecule has 7 heteroatoms. The van der Waals surface area contributed by atoms with E-state index in [1.54, 1.807) is 18.2 Å². The molecular weight excluding hydrogens is 330 g/mol. The molecule has 0 saturated heterocycles. The number of rotatable bonds is 4. The standard InChI is InChI=1S/C17H11NO5S/c18-17(23)14-11(24-7-12(19)20)6-5-10-13(14)16(22)9-4-2-1-3-8(9)15(10)21/h1-6H,7H2,(H2,18,23)(H,19,20). The molecule has 2 aromatic rings. The Morgan fingerprint density at radius 1 is 0.958 bits per heavy atom. The second kappa shape index (κ2) is 5.93. The first-order valence-corrected chi connectivity index (χ1v) is 7.90. The fraction of sp³-hybridized carbons (Fsp3) is 0.0588. The molecule has 0 atom stereocenters. The molecule has 1 aliphatic carbocycles. The van der Waals surface area contributed by atoms with Crippen molar-refractivity contribution in [2.45, 2.75) is 4.90 Å². The Labute approximate surface area is 140 Å². The summed E-state index contributed by atoms with van der Waals surface area (Å²) in [6, 6.07) is 9.23. The van der Waals surface area contributed by atoms with Crippen LogP contribution in [0.3, 0.4) is 0 Å². The number of primary amides is 1. The highest BCUT2D eigenvalue weighted by atomic mass is 32.2. The van der Waals surface area contributed by atoms with E-state index in [0.717, 1.165) is 11.8 Å². The molecule has 0 aliphatic heterocycles. The first kappa shape index (κ1) is 15.9. The van der Waals surface area contributed by atoms with Gasteiger partial charge in [0.2, 0.25) is 0 Å². The maximum absolute atomic E-state index is 12.8. The molecule has 0 unspecified atom stereocenters. The minimum atomic E-state index is -1.07. The fourth-order valence-electron chi connectivity index (χ4n) is 2.67. The molecule has 0 bridgehead atoms. The van der Waals surface area contributed by atoms with Crippen LogP contribution in [-0.4, -0.2) is 34.3 Å². The lowest BCUT2D eigenvalue weighted by Crippen LogP contribution is -2.26. The third kappa shape index (κ3) is 2.48. The number of hydrogen-bond donors (Lipinski definition) is 2. The lowest BCUT2D eigenvalue weighted by Gasteiger charge is -2.20. The summed E-state index contributed by atoms with van der Waals surface area (Å²) in [5.74, 6) is -3.07. The Hall–Kier alpha value is -2.93. The highest BCUT2D eigenvalue weighted by Crippen LogP contribution is 2.34. The van der Waals surface area contributed by atoms with Crippen molar-refractivity contribution in [1.82, 2.24) is 0 Å². The maximum Gasteiger partial charge on any atom is 0.313 e. The average Bonchev–Trinajstić information content (AvgIpc) is 2.56. The van der Waals surface area contributed by atoms with Crippen LogP contribution in [0.5, 0.6) is 0 Å². The van der Waals surface area contributed by atoms with Crippen LogP contribution in [0.2, 0.25) is 0 Å². The van der Waals surface area contributed by atoms with E-state index in [1.165, 1.54) is 18.2 Å². The highest BCUT2D eigenvalue weighted by Gasteiger charge is 2.34. The Morgan fingerprint density at radius 3 is 2.17 bits per heavy atom. The van der Waals surface area contributed by atoms with Gasteiger partial charge in [-0.2, -0.15) is 0 Å². The zero-order valence-corrected chi connectivity index (χ0v) is 13.1. The van der Waals surface area contributed by atoms with Crippen LogP contribution in [0.1, 0.15) is 42.2 Å². The minimum absolute atomic E-state index is 0.0541. The number of nitrogens with two attached hydrogens (primary N) is 1. The second-order valence-electron chi connectivity index (χ2n) is 5.11. The van der Waals surface area contributed by atoms with Crippen molar-refractivity contribution in [3.8, 4) is 0 Å². The quantitative estimate of drug-likeness (QED) is 0.699. The van der Waals surface area contributed by atoms with Gasteiger partial charge in [0.05, 0.1) is 11.3 Å². The van der Waals surface area contributed by atoms with Crippen LogP contribution in [0.25, 0.3) is 0 Å². The lowest BCUT2D eigenvalue weighted by molar-refractivity contribution is -0.133. The summed E-state index contributed by atoms with van der Waals surface area (Å²) >= 11 is 0.877. The van der Waals surface area contributed by atoms with Crippen molar-refractivity contribution in [3.05, 3.63) is 64.2 Å². The molecular formula is C17H11NO5S. The monoisotopic (exact) mass is 341 g/mol. The number of amides is 1. The number of aliphatic carboxylic acids is 1. The largest absolute Gasteiger partial charge is 0.481 e. The Kier molecular flexibility index (Phi) is 3.94. The van der Waals surface area contributed by atoms with Gasteiger partial charge in [0.25, 0.3) is 5.91 Å². The summed E-state index contributed by atoms with van der Waals surface area (Å²) in [4.78, 5) is 48.3. The Balaban J connectivity index is 2.23. The number of hydrogen-bond acceptors (Lipinski definition) is 5. The van der Waals surface area contributed by atoms with Gasteiger partial charge in [-0.15, -0.1) is 11.8 Å². The molecule has 6 nitrogen and oxygen atoms in total. The molecule has 0 spiro atoms. The number of carbonyl (C=O) groups excluding carboxylic acids is 3. The van der Waals surface area contributed by atoms with E-state index >= 15 is 0 Å². The highest BCUT2D eigenvalue weighted by molar-refractivity contribution is 8.00. The summed E-state index contributed by atoms with van der Waals surface area (Å²) in [5.41, 5.74) is 5.84. The molecule has 1 amide bonds. The van der Waals surface area contributed by atoms with Crippen LogP contribution in [0, 0.1) is 0 Å². The Bertz CT molecular complexity index is 919. The van der Waals surface area contributed by atoms with E-state index in [9.17, 15) is 19.2 Å². The van der Waals surface area contributed by atoms with Gasteiger partial charge in [-0.1, -0.05) is 24.3 Å². The molecule has 3 N–H and O–H groups in total. The van der Waals surface area contributed by atoms with E-state index in [-0.39, 0.29) is 44.2 Å².